The Balaban J connectivity index is 2.41. The average molecular weight is 435 g/mol. The Morgan fingerprint density at radius 3 is 2.14 bits per heavy atom. The maximum absolute atomic E-state index is 12.6. The molecule has 1 aromatic heterocycles. The van der Waals surface area contributed by atoms with Crippen LogP contribution in [0.2, 0.25) is 10.0 Å². The quantitative estimate of drug-likeness (QED) is 0.612. The van der Waals surface area contributed by atoms with Crippen molar-refractivity contribution in [3.05, 3.63) is 69.3 Å². The van der Waals surface area contributed by atoms with Gasteiger partial charge in [0.05, 0.1) is 36.6 Å². The van der Waals surface area contributed by atoms with Gasteiger partial charge in [-0.3, -0.25) is 0 Å². The molecular weight excluding hydrogens is 419 g/mol. The molecule has 0 spiro atoms. The zero-order valence-electron chi connectivity index (χ0n) is 15.5. The van der Waals surface area contributed by atoms with Crippen LogP contribution in [0, 0.1) is 0 Å². The number of benzene rings is 2. The molecule has 0 bridgehead atoms. The van der Waals surface area contributed by atoms with Crippen LogP contribution < -0.4 is 0 Å². The van der Waals surface area contributed by atoms with E-state index >= 15 is 0 Å². The second-order valence-electron chi connectivity index (χ2n) is 5.90. The first kappa shape index (κ1) is 20.9. The number of carbonyl (C=O) groups is 2. The number of nitrogens with zero attached hydrogens (tertiary/aromatic N) is 2. The van der Waals surface area contributed by atoms with Gasteiger partial charge in [-0.15, -0.1) is 0 Å². The van der Waals surface area contributed by atoms with Gasteiger partial charge in [-0.05, 0) is 29.8 Å². The number of para-hydroxylation sites is 1. The molecule has 0 aliphatic rings. The van der Waals surface area contributed by atoms with E-state index in [2.05, 4.69) is 5.10 Å². The molecule has 0 atom stereocenters. The first-order valence-corrected chi connectivity index (χ1v) is 9.12. The number of rotatable bonds is 5. The number of halogens is 2. The third-order valence-corrected chi connectivity index (χ3v) is 4.77. The Bertz CT molecular complexity index is 1060. The number of aromatic nitrogens is 2. The van der Waals surface area contributed by atoms with Gasteiger partial charge in [-0.1, -0.05) is 41.4 Å². The number of hydrogen-bond acceptors (Lipinski definition) is 6. The van der Waals surface area contributed by atoms with Gasteiger partial charge < -0.3 is 14.6 Å². The first-order chi connectivity index (χ1) is 13.9. The van der Waals surface area contributed by atoms with Gasteiger partial charge >= 0.3 is 11.9 Å². The Labute approximate surface area is 176 Å². The fourth-order valence-corrected chi connectivity index (χ4v) is 3.58. The van der Waals surface area contributed by atoms with E-state index in [9.17, 15) is 14.7 Å². The highest BCUT2D eigenvalue weighted by Crippen LogP contribution is 2.39. The largest absolute Gasteiger partial charge is 0.465 e. The zero-order valence-corrected chi connectivity index (χ0v) is 17.0. The summed E-state index contributed by atoms with van der Waals surface area (Å²) in [4.78, 5) is 25.2. The topological polar surface area (TPSA) is 90.6 Å². The SMILES string of the molecule is COC(=O)c1c(-c2c(Cl)cc(CO)cc2Cl)nn(-c2ccccc2)c1C(=O)OC. The van der Waals surface area contributed by atoms with E-state index in [0.717, 1.165) is 0 Å². The number of ether oxygens (including phenoxy) is 2. The lowest BCUT2D eigenvalue weighted by Crippen LogP contribution is -2.15. The Morgan fingerprint density at radius 1 is 1.03 bits per heavy atom. The van der Waals surface area contributed by atoms with Crippen molar-refractivity contribution < 1.29 is 24.2 Å². The molecule has 3 aromatic rings. The summed E-state index contributed by atoms with van der Waals surface area (Å²) in [5, 5.41) is 14.1. The third-order valence-electron chi connectivity index (χ3n) is 4.18. The predicted octanol–water partition coefficient (Wildman–Crippen LogP) is 3.91. The summed E-state index contributed by atoms with van der Waals surface area (Å²) in [5.74, 6) is -1.59. The monoisotopic (exact) mass is 434 g/mol. The summed E-state index contributed by atoms with van der Waals surface area (Å²) in [6.07, 6.45) is 0. The minimum Gasteiger partial charge on any atom is -0.465 e. The highest BCUT2D eigenvalue weighted by Gasteiger charge is 2.33. The number of aliphatic hydroxyl groups excluding tert-OH is 1. The molecule has 0 amide bonds. The van der Waals surface area contributed by atoms with Crippen LogP contribution in [0.1, 0.15) is 26.4 Å². The molecule has 0 fully saturated rings. The highest BCUT2D eigenvalue weighted by atomic mass is 35.5. The number of hydrogen-bond donors (Lipinski definition) is 1. The smallest absolute Gasteiger partial charge is 0.357 e. The fraction of sp³-hybridized carbons (Fsp3) is 0.150. The molecule has 0 saturated carbocycles. The molecule has 29 heavy (non-hydrogen) atoms. The van der Waals surface area contributed by atoms with Crippen LogP contribution >= 0.6 is 23.2 Å². The van der Waals surface area contributed by atoms with E-state index in [1.807, 2.05) is 0 Å². The number of carbonyl (C=O) groups excluding carboxylic acids is 2. The highest BCUT2D eigenvalue weighted by molar-refractivity contribution is 6.39. The summed E-state index contributed by atoms with van der Waals surface area (Å²) in [7, 11) is 2.38. The number of esters is 2. The molecule has 0 radical (unpaired) electrons. The summed E-state index contributed by atoms with van der Waals surface area (Å²) < 4.78 is 11.0. The zero-order chi connectivity index (χ0) is 21.1. The lowest BCUT2D eigenvalue weighted by atomic mass is 10.0. The molecule has 9 heteroatoms. The minimum absolute atomic E-state index is 0.0561. The maximum Gasteiger partial charge on any atom is 0.357 e. The molecule has 1 N–H and O–H groups in total. The van der Waals surface area contributed by atoms with Crippen molar-refractivity contribution in [2.45, 2.75) is 6.61 Å². The number of methoxy groups -OCH3 is 2. The van der Waals surface area contributed by atoms with E-state index in [1.165, 1.54) is 31.0 Å². The normalized spacial score (nSPS) is 10.7. The van der Waals surface area contributed by atoms with Gasteiger partial charge in [0, 0.05) is 5.56 Å². The van der Waals surface area contributed by atoms with Crippen molar-refractivity contribution in [1.82, 2.24) is 9.78 Å². The molecule has 150 valence electrons. The van der Waals surface area contributed by atoms with Crippen molar-refractivity contribution in [3.63, 3.8) is 0 Å². The van der Waals surface area contributed by atoms with Crippen molar-refractivity contribution in [2.75, 3.05) is 14.2 Å². The Kier molecular flexibility index (Phi) is 6.22. The molecule has 0 aliphatic carbocycles. The van der Waals surface area contributed by atoms with Gasteiger partial charge in [-0.2, -0.15) is 5.10 Å². The van der Waals surface area contributed by atoms with Crippen LogP contribution in [-0.2, 0) is 16.1 Å². The van der Waals surface area contributed by atoms with Crippen LogP contribution in [-0.4, -0.2) is 41.0 Å². The minimum atomic E-state index is -0.805. The molecule has 0 unspecified atom stereocenters. The van der Waals surface area contributed by atoms with Crippen LogP contribution in [0.5, 0.6) is 0 Å². The molecular formula is C20H16Cl2N2O5. The van der Waals surface area contributed by atoms with Gasteiger partial charge in [0.2, 0.25) is 0 Å². The van der Waals surface area contributed by atoms with E-state index in [4.69, 9.17) is 32.7 Å². The molecule has 1 heterocycles. The van der Waals surface area contributed by atoms with Gasteiger partial charge in [0.25, 0.3) is 0 Å². The van der Waals surface area contributed by atoms with Crippen molar-refractivity contribution in [2.24, 2.45) is 0 Å². The lowest BCUT2D eigenvalue weighted by Gasteiger charge is -2.09. The summed E-state index contributed by atoms with van der Waals surface area (Å²) >= 11 is 12.8. The summed E-state index contributed by atoms with van der Waals surface area (Å²) in [6.45, 7) is -0.268. The molecule has 7 nitrogen and oxygen atoms in total. The van der Waals surface area contributed by atoms with Gasteiger partial charge in [-0.25, -0.2) is 14.3 Å². The van der Waals surface area contributed by atoms with Crippen molar-refractivity contribution in [3.8, 4) is 16.9 Å². The predicted molar refractivity (Wildman–Crippen MR) is 108 cm³/mol. The average Bonchev–Trinajstić information content (AvgIpc) is 3.12. The third kappa shape index (κ3) is 3.85. The lowest BCUT2D eigenvalue weighted by molar-refractivity contribution is 0.0549. The molecule has 0 saturated heterocycles. The van der Waals surface area contributed by atoms with Gasteiger partial charge in [0.15, 0.2) is 5.69 Å². The van der Waals surface area contributed by atoms with Crippen LogP contribution in [0.3, 0.4) is 0 Å². The second kappa shape index (κ2) is 8.65. The second-order valence-corrected chi connectivity index (χ2v) is 6.71. The Morgan fingerprint density at radius 2 is 1.62 bits per heavy atom. The van der Waals surface area contributed by atoms with E-state index < -0.39 is 11.9 Å². The Hall–Kier alpha value is -2.87. The van der Waals surface area contributed by atoms with E-state index in [-0.39, 0.29) is 39.2 Å². The summed E-state index contributed by atoms with van der Waals surface area (Å²) in [6, 6.07) is 11.7. The molecule has 3 rings (SSSR count). The standard InChI is InChI=1S/C20H16Cl2N2O5/c1-28-19(26)16-17(15-13(21)8-11(10-25)9-14(15)22)23-24(18(16)20(27)29-2)12-6-4-3-5-7-12/h3-9,25H,10H2,1-2H3. The van der Waals surface area contributed by atoms with Crippen LogP contribution in [0.15, 0.2) is 42.5 Å². The fourth-order valence-electron chi connectivity index (χ4n) is 2.87. The maximum atomic E-state index is 12.6. The summed E-state index contributed by atoms with van der Waals surface area (Å²) in [5.41, 5.74) is 1.02. The molecule has 2 aromatic carbocycles. The van der Waals surface area contributed by atoms with Crippen molar-refractivity contribution >= 4 is 35.1 Å². The van der Waals surface area contributed by atoms with Crippen molar-refractivity contribution in [1.29, 1.82) is 0 Å². The van der Waals surface area contributed by atoms with Crippen LogP contribution in [0.4, 0.5) is 0 Å². The van der Waals surface area contributed by atoms with E-state index in [1.54, 1.807) is 30.3 Å². The van der Waals surface area contributed by atoms with E-state index in [0.29, 0.717) is 11.3 Å². The van der Waals surface area contributed by atoms with Crippen LogP contribution in [0.25, 0.3) is 16.9 Å². The first-order valence-electron chi connectivity index (χ1n) is 8.37. The van der Waals surface area contributed by atoms with Gasteiger partial charge in [0.1, 0.15) is 11.3 Å². The molecule has 0 aliphatic heterocycles. The number of aliphatic hydroxyl groups is 1.